The van der Waals surface area contributed by atoms with Gasteiger partial charge in [0.15, 0.2) is 5.69 Å². The van der Waals surface area contributed by atoms with Gasteiger partial charge in [-0.05, 0) is 31.0 Å². The summed E-state index contributed by atoms with van der Waals surface area (Å²) >= 11 is 6.05. The van der Waals surface area contributed by atoms with Crippen molar-refractivity contribution >= 4 is 28.9 Å². The molecule has 2 rings (SSSR count). The summed E-state index contributed by atoms with van der Waals surface area (Å²) in [5, 5.41) is 9.98. The highest BCUT2D eigenvalue weighted by Gasteiger charge is 2.17. The number of hydrogen-bond donors (Lipinski definition) is 3. The minimum atomic E-state index is -0.367. The molecular weight excluding hydrogens is 276 g/mol. The predicted molar refractivity (Wildman–Crippen MR) is 81.1 cm³/mol. The molecule has 0 fully saturated rings. The summed E-state index contributed by atoms with van der Waals surface area (Å²) in [6.45, 7) is 3.96. The molecule has 0 saturated carbocycles. The number of halogens is 1. The Labute approximate surface area is 122 Å². The minimum Gasteiger partial charge on any atom is -0.395 e. The summed E-state index contributed by atoms with van der Waals surface area (Å²) in [6.07, 6.45) is 1.69. The van der Waals surface area contributed by atoms with Gasteiger partial charge >= 0.3 is 0 Å². The highest BCUT2D eigenvalue weighted by molar-refractivity contribution is 6.34. The fourth-order valence-electron chi connectivity index (χ4n) is 1.92. The third kappa shape index (κ3) is 2.93. The van der Waals surface area contributed by atoms with Gasteiger partial charge in [-0.2, -0.15) is 5.10 Å². The normalized spacial score (nSPS) is 10.6. The highest BCUT2D eigenvalue weighted by Crippen LogP contribution is 2.24. The second-order valence-corrected chi connectivity index (χ2v) is 5.06. The van der Waals surface area contributed by atoms with Crippen molar-refractivity contribution in [3.05, 3.63) is 40.2 Å². The van der Waals surface area contributed by atoms with Crippen molar-refractivity contribution in [3.63, 3.8) is 0 Å². The van der Waals surface area contributed by atoms with Gasteiger partial charge in [-0.1, -0.05) is 31.0 Å². The molecule has 0 saturated heterocycles. The van der Waals surface area contributed by atoms with Crippen LogP contribution in [0.4, 0.5) is 11.4 Å². The van der Waals surface area contributed by atoms with Gasteiger partial charge < -0.3 is 11.1 Å². The second-order valence-electron chi connectivity index (χ2n) is 4.65. The number of aromatic nitrogens is 2. The van der Waals surface area contributed by atoms with E-state index in [1.807, 2.05) is 19.9 Å². The van der Waals surface area contributed by atoms with Crippen LogP contribution in [0.3, 0.4) is 0 Å². The lowest BCUT2D eigenvalue weighted by Gasteiger charge is -2.07. The van der Waals surface area contributed by atoms with E-state index in [0.29, 0.717) is 16.4 Å². The molecule has 0 aliphatic heterocycles. The van der Waals surface area contributed by atoms with Crippen molar-refractivity contribution in [1.82, 2.24) is 10.2 Å². The van der Waals surface area contributed by atoms with Gasteiger partial charge in [0.25, 0.3) is 5.91 Å². The molecule has 0 bridgehead atoms. The lowest BCUT2D eigenvalue weighted by atomic mass is 10.2. The molecule has 1 amide bonds. The van der Waals surface area contributed by atoms with Crippen LogP contribution >= 0.6 is 11.6 Å². The maximum Gasteiger partial charge on any atom is 0.278 e. The Bertz CT molecular complexity index is 636. The van der Waals surface area contributed by atoms with Crippen LogP contribution in [0.1, 0.15) is 35.1 Å². The summed E-state index contributed by atoms with van der Waals surface area (Å²) in [5.74, 6) is -0.367. The number of hydrogen-bond acceptors (Lipinski definition) is 3. The molecule has 4 N–H and O–H groups in total. The molecule has 0 radical (unpaired) electrons. The number of anilines is 2. The lowest BCUT2D eigenvalue weighted by Crippen LogP contribution is -2.14. The maximum absolute atomic E-state index is 12.2. The summed E-state index contributed by atoms with van der Waals surface area (Å²) in [6, 6.07) is 5.42. The van der Waals surface area contributed by atoms with Gasteiger partial charge in [0.2, 0.25) is 0 Å². The number of nitrogen functional groups attached to an aromatic ring is 1. The van der Waals surface area contributed by atoms with Gasteiger partial charge in [0.1, 0.15) is 0 Å². The number of nitrogens with two attached hydrogens (primary N) is 1. The molecular formula is C14H17ClN4O. The number of benzene rings is 1. The number of aromatic amines is 1. The number of aryl methyl sites for hydroxylation is 2. The van der Waals surface area contributed by atoms with E-state index in [-0.39, 0.29) is 11.6 Å². The van der Waals surface area contributed by atoms with Crippen LogP contribution in [0.15, 0.2) is 18.2 Å². The fourth-order valence-corrected chi connectivity index (χ4v) is 2.08. The molecule has 0 spiro atoms. The average Bonchev–Trinajstić information content (AvgIpc) is 2.76. The molecule has 0 aliphatic rings. The standard InChI is InChI=1S/C14H17ClN4O/c1-3-4-10-12(16)13(19-18-10)14(20)17-11-7-8(2)5-6-9(11)15/h5-7H,3-4,16H2,1-2H3,(H,17,20)(H,18,19). The van der Waals surface area contributed by atoms with Crippen molar-refractivity contribution in [2.75, 3.05) is 11.1 Å². The number of nitrogens with one attached hydrogen (secondary N) is 2. The van der Waals surface area contributed by atoms with Crippen LogP contribution in [0.5, 0.6) is 0 Å². The Balaban J connectivity index is 2.22. The van der Waals surface area contributed by atoms with E-state index in [1.165, 1.54) is 0 Å². The molecule has 5 nitrogen and oxygen atoms in total. The van der Waals surface area contributed by atoms with Crippen molar-refractivity contribution in [3.8, 4) is 0 Å². The van der Waals surface area contributed by atoms with Crippen LogP contribution in [0, 0.1) is 6.92 Å². The zero-order valence-electron chi connectivity index (χ0n) is 11.5. The fraction of sp³-hybridized carbons (Fsp3) is 0.286. The molecule has 0 atom stereocenters. The summed E-state index contributed by atoms with van der Waals surface area (Å²) in [5.41, 5.74) is 8.86. The molecule has 6 heteroatoms. The average molecular weight is 293 g/mol. The lowest BCUT2D eigenvalue weighted by molar-refractivity contribution is 0.102. The van der Waals surface area contributed by atoms with E-state index in [2.05, 4.69) is 15.5 Å². The predicted octanol–water partition coefficient (Wildman–Crippen LogP) is 3.16. The molecule has 20 heavy (non-hydrogen) atoms. The van der Waals surface area contributed by atoms with E-state index in [9.17, 15) is 4.79 Å². The quantitative estimate of drug-likeness (QED) is 0.809. The zero-order chi connectivity index (χ0) is 14.7. The summed E-state index contributed by atoms with van der Waals surface area (Å²) in [4.78, 5) is 12.2. The van der Waals surface area contributed by atoms with Crippen LogP contribution in [-0.4, -0.2) is 16.1 Å². The second kappa shape index (κ2) is 5.96. The van der Waals surface area contributed by atoms with Crippen LogP contribution in [0.2, 0.25) is 5.02 Å². The van der Waals surface area contributed by atoms with Crippen LogP contribution < -0.4 is 11.1 Å². The first-order valence-corrected chi connectivity index (χ1v) is 6.81. The van der Waals surface area contributed by atoms with Crippen molar-refractivity contribution < 1.29 is 4.79 Å². The monoisotopic (exact) mass is 292 g/mol. The van der Waals surface area contributed by atoms with Crippen molar-refractivity contribution in [2.24, 2.45) is 0 Å². The number of carbonyl (C=O) groups excluding carboxylic acids is 1. The minimum absolute atomic E-state index is 0.200. The van der Waals surface area contributed by atoms with Gasteiger partial charge in [0, 0.05) is 0 Å². The number of carbonyl (C=O) groups is 1. The number of rotatable bonds is 4. The SMILES string of the molecule is CCCc1[nH]nc(C(=O)Nc2cc(C)ccc2Cl)c1N. The van der Waals surface area contributed by atoms with Gasteiger partial charge in [0.05, 0.1) is 22.1 Å². The van der Waals surface area contributed by atoms with E-state index in [4.69, 9.17) is 17.3 Å². The summed E-state index contributed by atoms with van der Waals surface area (Å²) < 4.78 is 0. The Hall–Kier alpha value is -2.01. The molecule has 0 aliphatic carbocycles. The number of H-pyrrole nitrogens is 1. The molecule has 1 aromatic carbocycles. The Morgan fingerprint density at radius 2 is 2.25 bits per heavy atom. The first-order valence-electron chi connectivity index (χ1n) is 6.43. The molecule has 0 unspecified atom stereocenters. The topological polar surface area (TPSA) is 83.8 Å². The summed E-state index contributed by atoms with van der Waals surface area (Å²) in [7, 11) is 0. The number of nitrogens with zero attached hydrogens (tertiary/aromatic N) is 1. The Morgan fingerprint density at radius 1 is 1.50 bits per heavy atom. The van der Waals surface area contributed by atoms with Crippen molar-refractivity contribution in [2.45, 2.75) is 26.7 Å². The third-order valence-corrected chi connectivity index (χ3v) is 3.30. The van der Waals surface area contributed by atoms with E-state index in [0.717, 1.165) is 24.1 Å². The van der Waals surface area contributed by atoms with Gasteiger partial charge in [-0.3, -0.25) is 9.89 Å². The molecule has 1 heterocycles. The van der Waals surface area contributed by atoms with Gasteiger partial charge in [-0.25, -0.2) is 0 Å². The first-order chi connectivity index (χ1) is 9.52. The van der Waals surface area contributed by atoms with Crippen LogP contribution in [-0.2, 0) is 6.42 Å². The van der Waals surface area contributed by atoms with E-state index in [1.54, 1.807) is 12.1 Å². The van der Waals surface area contributed by atoms with Gasteiger partial charge in [-0.15, -0.1) is 0 Å². The maximum atomic E-state index is 12.2. The van der Waals surface area contributed by atoms with Crippen LogP contribution in [0.25, 0.3) is 0 Å². The Morgan fingerprint density at radius 3 is 2.95 bits per heavy atom. The third-order valence-electron chi connectivity index (χ3n) is 2.97. The smallest absolute Gasteiger partial charge is 0.278 e. The van der Waals surface area contributed by atoms with Crippen molar-refractivity contribution in [1.29, 1.82) is 0 Å². The zero-order valence-corrected chi connectivity index (χ0v) is 12.2. The van der Waals surface area contributed by atoms with E-state index < -0.39 is 0 Å². The molecule has 2 aromatic rings. The molecule has 1 aromatic heterocycles. The highest BCUT2D eigenvalue weighted by atomic mass is 35.5. The Kier molecular flexibility index (Phi) is 4.29. The number of amides is 1. The largest absolute Gasteiger partial charge is 0.395 e. The van der Waals surface area contributed by atoms with E-state index >= 15 is 0 Å². The molecule has 106 valence electrons. The first kappa shape index (κ1) is 14.4.